The highest BCUT2D eigenvalue weighted by atomic mass is 32.1. The van der Waals surface area contributed by atoms with E-state index in [1.54, 1.807) is 0 Å². The van der Waals surface area contributed by atoms with Crippen molar-refractivity contribution in [1.29, 1.82) is 0 Å². The van der Waals surface area contributed by atoms with Gasteiger partial charge in [0.25, 0.3) is 0 Å². The molecule has 2 aromatic rings. The zero-order chi connectivity index (χ0) is 20.7. The van der Waals surface area contributed by atoms with E-state index in [2.05, 4.69) is 5.32 Å². The van der Waals surface area contributed by atoms with Crippen LogP contribution in [0.4, 0.5) is 18.0 Å². The van der Waals surface area contributed by atoms with Gasteiger partial charge in [0.2, 0.25) is 5.72 Å². The monoisotopic (exact) mass is 416 g/mol. The Bertz CT molecular complexity index is 903. The Morgan fingerprint density at radius 3 is 2.61 bits per heavy atom. The highest BCUT2D eigenvalue weighted by Gasteiger charge is 2.66. The number of hydrogen-bond acceptors (Lipinski definition) is 6. The van der Waals surface area contributed by atoms with Gasteiger partial charge >= 0.3 is 12.2 Å². The summed E-state index contributed by atoms with van der Waals surface area (Å²) in [6.07, 6.45) is -5.33. The summed E-state index contributed by atoms with van der Waals surface area (Å²) in [6.45, 7) is 0. The Kier molecular flexibility index (Phi) is 4.98. The number of phenolic OH excluding ortho intramolecular Hbond substituents is 1. The van der Waals surface area contributed by atoms with Crippen LogP contribution in [0.2, 0.25) is 0 Å². The lowest BCUT2D eigenvalue weighted by Crippen LogP contribution is -2.72. The number of rotatable bonds is 4. The Hall–Kier alpha value is -2.79. The predicted molar refractivity (Wildman–Crippen MR) is 92.2 cm³/mol. The number of urea groups is 1. The Morgan fingerprint density at radius 2 is 2.04 bits per heavy atom. The number of amides is 2. The molecule has 0 radical (unpaired) electrons. The third-order valence-electron chi connectivity index (χ3n) is 4.42. The molecule has 1 aromatic carbocycles. The molecule has 1 saturated heterocycles. The molecular weight excluding hydrogens is 401 g/mol. The van der Waals surface area contributed by atoms with Crippen molar-refractivity contribution in [2.75, 3.05) is 7.11 Å². The Balaban J connectivity index is 2.17. The number of ketones is 1. The van der Waals surface area contributed by atoms with E-state index in [0.29, 0.717) is 0 Å². The Morgan fingerprint density at radius 1 is 1.32 bits per heavy atom. The molecule has 3 rings (SSSR count). The van der Waals surface area contributed by atoms with Crippen LogP contribution in [0.3, 0.4) is 0 Å². The molecule has 28 heavy (non-hydrogen) atoms. The van der Waals surface area contributed by atoms with Crippen LogP contribution in [0.1, 0.15) is 21.3 Å². The predicted octanol–water partition coefficient (Wildman–Crippen LogP) is 2.57. The molecule has 150 valence electrons. The van der Waals surface area contributed by atoms with Gasteiger partial charge in [0.15, 0.2) is 17.3 Å². The zero-order valence-electron chi connectivity index (χ0n) is 14.3. The maximum Gasteiger partial charge on any atom is 0.437 e. The molecule has 0 spiro atoms. The number of ether oxygens (including phenoxy) is 1. The van der Waals surface area contributed by atoms with E-state index in [1.807, 2.05) is 0 Å². The van der Waals surface area contributed by atoms with Gasteiger partial charge in [-0.2, -0.15) is 13.2 Å². The zero-order valence-corrected chi connectivity index (χ0v) is 15.1. The van der Waals surface area contributed by atoms with Crippen LogP contribution in [-0.2, 0) is 0 Å². The average molecular weight is 416 g/mol. The number of nitrogens with one attached hydrogen (secondary N) is 2. The van der Waals surface area contributed by atoms with Gasteiger partial charge in [0, 0.05) is 0 Å². The lowest BCUT2D eigenvalue weighted by molar-refractivity contribution is -0.287. The average Bonchev–Trinajstić information content (AvgIpc) is 3.15. The van der Waals surface area contributed by atoms with Crippen LogP contribution in [0, 0.1) is 5.92 Å². The normalized spacial score (nSPS) is 25.0. The Labute approximate surface area is 160 Å². The standard InChI is InChI=1S/C17H15F3N2O5S/c1-27-10-7-8(4-5-9(10)23)13-12(14(24)11-3-2-6-28-11)16(26,17(18,19)20)22-15(25)21-13/h2-7,12-13,23,26H,1H3,(H2,21,22,25)/t12-,13+,16-/m0/s1. The molecule has 2 heterocycles. The molecule has 1 aliphatic heterocycles. The molecule has 0 saturated carbocycles. The first-order valence-electron chi connectivity index (χ1n) is 7.91. The quantitative estimate of drug-likeness (QED) is 0.573. The molecular formula is C17H15F3N2O5S. The second-order valence-corrected chi connectivity index (χ2v) is 7.04. The molecule has 2 amide bonds. The van der Waals surface area contributed by atoms with Crippen molar-refractivity contribution in [3.8, 4) is 11.5 Å². The van der Waals surface area contributed by atoms with E-state index in [1.165, 1.54) is 42.1 Å². The summed E-state index contributed by atoms with van der Waals surface area (Å²) in [5, 5.41) is 25.4. The van der Waals surface area contributed by atoms with Crippen molar-refractivity contribution in [1.82, 2.24) is 10.6 Å². The lowest BCUT2D eigenvalue weighted by Gasteiger charge is -2.44. The third kappa shape index (κ3) is 3.27. The number of thiophene rings is 1. The van der Waals surface area contributed by atoms with E-state index in [4.69, 9.17) is 4.74 Å². The number of methoxy groups -OCH3 is 1. The first-order chi connectivity index (χ1) is 13.1. The number of Topliss-reactive ketones (excluding diaryl/α,β-unsaturated/α-hetero) is 1. The van der Waals surface area contributed by atoms with Gasteiger partial charge in [-0.25, -0.2) is 4.79 Å². The van der Waals surface area contributed by atoms with Gasteiger partial charge in [0.05, 0.1) is 18.0 Å². The summed E-state index contributed by atoms with van der Waals surface area (Å²) in [7, 11) is 1.24. The summed E-state index contributed by atoms with van der Waals surface area (Å²) in [6, 6.07) is 3.56. The maximum atomic E-state index is 13.7. The van der Waals surface area contributed by atoms with Gasteiger partial charge in [-0.15, -0.1) is 11.3 Å². The molecule has 11 heteroatoms. The number of phenols is 1. The molecule has 0 aliphatic carbocycles. The van der Waals surface area contributed by atoms with Crippen LogP contribution >= 0.6 is 11.3 Å². The number of alkyl halides is 3. The van der Waals surface area contributed by atoms with Crippen molar-refractivity contribution >= 4 is 23.2 Å². The first-order valence-corrected chi connectivity index (χ1v) is 8.79. The fourth-order valence-electron chi connectivity index (χ4n) is 3.08. The van der Waals surface area contributed by atoms with Crippen LogP contribution in [0.15, 0.2) is 35.7 Å². The van der Waals surface area contributed by atoms with E-state index < -0.39 is 35.7 Å². The molecule has 0 bridgehead atoms. The fourth-order valence-corrected chi connectivity index (χ4v) is 3.78. The highest BCUT2D eigenvalue weighted by molar-refractivity contribution is 7.12. The smallest absolute Gasteiger partial charge is 0.437 e. The number of aliphatic hydroxyl groups is 1. The summed E-state index contributed by atoms with van der Waals surface area (Å²) < 4.78 is 46.2. The van der Waals surface area contributed by atoms with Crippen molar-refractivity contribution in [2.45, 2.75) is 17.9 Å². The minimum atomic E-state index is -5.33. The van der Waals surface area contributed by atoms with Crippen molar-refractivity contribution in [3.05, 3.63) is 46.2 Å². The number of carbonyl (C=O) groups excluding carboxylic acids is 2. The van der Waals surface area contributed by atoms with Crippen LogP contribution in [-0.4, -0.2) is 41.0 Å². The summed E-state index contributed by atoms with van der Waals surface area (Å²) in [4.78, 5) is 24.8. The molecule has 7 nitrogen and oxygen atoms in total. The minimum Gasteiger partial charge on any atom is -0.504 e. The summed E-state index contributed by atoms with van der Waals surface area (Å²) >= 11 is 0.911. The van der Waals surface area contributed by atoms with E-state index in [-0.39, 0.29) is 21.9 Å². The molecule has 0 unspecified atom stereocenters. The van der Waals surface area contributed by atoms with Crippen molar-refractivity contribution in [3.63, 3.8) is 0 Å². The SMILES string of the molecule is COc1cc([C@H]2NC(=O)N[C@@](O)(C(F)(F)F)[C@@H]2C(=O)c2cccs2)ccc1O. The maximum absolute atomic E-state index is 13.7. The summed E-state index contributed by atoms with van der Waals surface area (Å²) in [5.74, 6) is -3.47. The van der Waals surface area contributed by atoms with Crippen molar-refractivity contribution in [2.24, 2.45) is 5.92 Å². The molecule has 1 fully saturated rings. The number of aromatic hydroxyl groups is 1. The number of benzene rings is 1. The van der Waals surface area contributed by atoms with Crippen LogP contribution < -0.4 is 15.4 Å². The van der Waals surface area contributed by atoms with Gasteiger partial charge in [-0.05, 0) is 29.1 Å². The highest BCUT2D eigenvalue weighted by Crippen LogP contribution is 2.45. The molecule has 3 atom stereocenters. The van der Waals surface area contributed by atoms with E-state index in [9.17, 15) is 33.0 Å². The lowest BCUT2D eigenvalue weighted by atomic mass is 9.78. The van der Waals surface area contributed by atoms with Crippen LogP contribution in [0.5, 0.6) is 11.5 Å². The topological polar surface area (TPSA) is 108 Å². The van der Waals surface area contributed by atoms with E-state index >= 15 is 0 Å². The molecule has 1 aromatic heterocycles. The van der Waals surface area contributed by atoms with Gasteiger partial charge < -0.3 is 25.6 Å². The minimum absolute atomic E-state index is 0.0126. The largest absolute Gasteiger partial charge is 0.504 e. The number of hydrogen-bond donors (Lipinski definition) is 4. The van der Waals surface area contributed by atoms with Gasteiger partial charge in [-0.1, -0.05) is 12.1 Å². The molecule has 1 aliphatic rings. The summed E-state index contributed by atoms with van der Waals surface area (Å²) in [5.41, 5.74) is -3.76. The number of halogens is 3. The molecule has 4 N–H and O–H groups in total. The fraction of sp³-hybridized carbons (Fsp3) is 0.294. The second-order valence-electron chi connectivity index (χ2n) is 6.09. The van der Waals surface area contributed by atoms with Gasteiger partial charge in [-0.3, -0.25) is 4.79 Å². The van der Waals surface area contributed by atoms with E-state index in [0.717, 1.165) is 17.4 Å². The second kappa shape index (κ2) is 6.99. The first kappa shape index (κ1) is 20.0. The third-order valence-corrected chi connectivity index (χ3v) is 5.30. The van der Waals surface area contributed by atoms with Gasteiger partial charge in [0.1, 0.15) is 5.92 Å². The number of carbonyl (C=O) groups is 2. The van der Waals surface area contributed by atoms with Crippen molar-refractivity contribution < 1.29 is 37.7 Å². The van der Waals surface area contributed by atoms with Crippen LogP contribution in [0.25, 0.3) is 0 Å².